The summed E-state index contributed by atoms with van der Waals surface area (Å²) in [4.78, 5) is 29.2. The van der Waals surface area contributed by atoms with Crippen molar-refractivity contribution in [1.82, 2.24) is 14.7 Å². The number of aromatic nitrogens is 2. The summed E-state index contributed by atoms with van der Waals surface area (Å²) in [6.07, 6.45) is 0. The van der Waals surface area contributed by atoms with Crippen molar-refractivity contribution in [2.24, 2.45) is 0 Å². The van der Waals surface area contributed by atoms with Gasteiger partial charge < -0.3 is 19.9 Å². The number of carbonyl (C=O) groups is 2. The van der Waals surface area contributed by atoms with Gasteiger partial charge in [-0.1, -0.05) is 29.8 Å². The maximum atomic E-state index is 13.0. The number of likely N-dealkylation sites (N-methyl/N-ethyl adjacent to an activating group) is 1. The van der Waals surface area contributed by atoms with Crippen LogP contribution in [0.15, 0.2) is 54.6 Å². The molecular weight excluding hydrogens is 442 g/mol. The van der Waals surface area contributed by atoms with Crippen LogP contribution in [0.2, 0.25) is 5.15 Å². The molecule has 2 aromatic carbocycles. The van der Waals surface area contributed by atoms with E-state index in [2.05, 4.69) is 15.3 Å². The van der Waals surface area contributed by atoms with E-state index in [1.165, 1.54) is 9.58 Å². The summed E-state index contributed by atoms with van der Waals surface area (Å²) >= 11 is 6.49. The number of halogens is 1. The number of amides is 2. The molecule has 3 aromatic rings. The quantitative estimate of drug-likeness (QED) is 0.601. The fourth-order valence-electron chi connectivity index (χ4n) is 3.74. The van der Waals surface area contributed by atoms with E-state index >= 15 is 0 Å². The molecule has 2 amide bonds. The van der Waals surface area contributed by atoms with Crippen LogP contribution in [-0.2, 0) is 9.53 Å². The molecule has 1 aliphatic heterocycles. The van der Waals surface area contributed by atoms with Crippen molar-refractivity contribution in [2.45, 2.75) is 6.92 Å². The molecule has 1 N–H and O–H groups in total. The lowest BCUT2D eigenvalue weighted by Crippen LogP contribution is -2.36. The van der Waals surface area contributed by atoms with E-state index in [-0.39, 0.29) is 29.1 Å². The fourth-order valence-corrected chi connectivity index (χ4v) is 4.09. The van der Waals surface area contributed by atoms with E-state index < -0.39 is 0 Å². The van der Waals surface area contributed by atoms with Gasteiger partial charge in [0.25, 0.3) is 5.91 Å². The van der Waals surface area contributed by atoms with E-state index in [0.717, 1.165) is 24.5 Å². The van der Waals surface area contributed by atoms with Gasteiger partial charge in [-0.05, 0) is 43.3 Å². The van der Waals surface area contributed by atoms with Gasteiger partial charge in [0.2, 0.25) is 5.91 Å². The average Bonchev–Trinajstić information content (AvgIpc) is 3.13. The van der Waals surface area contributed by atoms with E-state index in [9.17, 15) is 9.59 Å². The molecule has 0 bridgehead atoms. The molecular formula is C24H26ClN5O3. The molecule has 4 rings (SSSR count). The number of carbonyl (C=O) groups excluding carboxylic acids is 2. The van der Waals surface area contributed by atoms with Crippen molar-refractivity contribution < 1.29 is 14.3 Å². The van der Waals surface area contributed by atoms with Crippen LogP contribution in [0.1, 0.15) is 16.1 Å². The Morgan fingerprint density at radius 2 is 1.73 bits per heavy atom. The van der Waals surface area contributed by atoms with E-state index in [1.54, 1.807) is 14.0 Å². The standard InChI is InChI=1S/C24H26ClN5O3/c1-17-22(23(25)30(27-17)20-6-4-3-5-7-20)24(32)28(2)16-21(31)26-18-8-10-19(11-9-18)29-12-14-33-15-13-29/h3-11H,12-16H2,1-2H3,(H,26,31). The first-order valence-corrected chi connectivity index (χ1v) is 11.1. The molecule has 0 saturated carbocycles. The van der Waals surface area contributed by atoms with Crippen molar-refractivity contribution in [3.8, 4) is 5.69 Å². The largest absolute Gasteiger partial charge is 0.378 e. The maximum Gasteiger partial charge on any atom is 0.259 e. The number of hydrogen-bond donors (Lipinski definition) is 1. The highest BCUT2D eigenvalue weighted by atomic mass is 35.5. The molecule has 2 heterocycles. The first-order chi connectivity index (χ1) is 15.9. The Labute approximate surface area is 197 Å². The first kappa shape index (κ1) is 22.8. The van der Waals surface area contributed by atoms with E-state index in [0.29, 0.717) is 24.6 Å². The SMILES string of the molecule is Cc1nn(-c2ccccc2)c(Cl)c1C(=O)N(C)CC(=O)Nc1ccc(N2CCOCC2)cc1. The lowest BCUT2D eigenvalue weighted by Gasteiger charge is -2.28. The third-order valence-corrected chi connectivity index (χ3v) is 5.82. The molecule has 1 aromatic heterocycles. The molecule has 172 valence electrons. The zero-order valence-electron chi connectivity index (χ0n) is 18.6. The second kappa shape index (κ2) is 10.1. The highest BCUT2D eigenvalue weighted by molar-refractivity contribution is 6.33. The normalized spacial score (nSPS) is 13.6. The predicted molar refractivity (Wildman–Crippen MR) is 128 cm³/mol. The third kappa shape index (κ3) is 5.18. The van der Waals surface area contributed by atoms with Crippen LogP contribution in [0.3, 0.4) is 0 Å². The second-order valence-electron chi connectivity index (χ2n) is 7.85. The van der Waals surface area contributed by atoms with Crippen LogP contribution < -0.4 is 10.2 Å². The number of anilines is 2. The molecule has 9 heteroatoms. The summed E-state index contributed by atoms with van der Waals surface area (Å²) in [6.45, 7) is 4.74. The van der Waals surface area contributed by atoms with Crippen LogP contribution in [0, 0.1) is 6.92 Å². The number of benzene rings is 2. The minimum atomic E-state index is -0.363. The Morgan fingerprint density at radius 1 is 1.06 bits per heavy atom. The Bertz CT molecular complexity index is 1130. The number of hydrogen-bond acceptors (Lipinski definition) is 5. The Hall–Kier alpha value is -3.36. The van der Waals surface area contributed by atoms with E-state index in [4.69, 9.17) is 16.3 Å². The topological polar surface area (TPSA) is 79.7 Å². The van der Waals surface area contributed by atoms with Gasteiger partial charge in [0.1, 0.15) is 5.15 Å². The van der Waals surface area contributed by atoms with Crippen LogP contribution >= 0.6 is 11.6 Å². The minimum absolute atomic E-state index is 0.115. The lowest BCUT2D eigenvalue weighted by atomic mass is 10.2. The number of morpholine rings is 1. The van der Waals surface area contributed by atoms with Crippen molar-refractivity contribution >= 4 is 34.8 Å². The van der Waals surface area contributed by atoms with Crippen LogP contribution in [0.4, 0.5) is 11.4 Å². The molecule has 0 unspecified atom stereocenters. The average molecular weight is 468 g/mol. The van der Waals surface area contributed by atoms with Crippen LogP contribution in [-0.4, -0.2) is 66.4 Å². The number of nitrogens with one attached hydrogen (secondary N) is 1. The van der Waals surface area contributed by atoms with Crippen molar-refractivity contribution in [1.29, 1.82) is 0 Å². The summed E-state index contributed by atoms with van der Waals surface area (Å²) in [5, 5.41) is 7.46. The molecule has 0 atom stereocenters. The number of ether oxygens (including phenoxy) is 1. The Morgan fingerprint density at radius 3 is 2.39 bits per heavy atom. The fraction of sp³-hybridized carbons (Fsp3) is 0.292. The number of nitrogens with zero attached hydrogens (tertiary/aromatic N) is 4. The van der Waals surface area contributed by atoms with Crippen LogP contribution in [0.25, 0.3) is 5.69 Å². The van der Waals surface area contributed by atoms with E-state index in [1.807, 2.05) is 54.6 Å². The Balaban J connectivity index is 1.39. The van der Waals surface area contributed by atoms with Crippen molar-refractivity contribution in [3.05, 3.63) is 71.0 Å². The maximum absolute atomic E-state index is 13.0. The summed E-state index contributed by atoms with van der Waals surface area (Å²) < 4.78 is 6.90. The summed E-state index contributed by atoms with van der Waals surface area (Å²) in [5.74, 6) is -0.660. The zero-order chi connectivity index (χ0) is 23.4. The highest BCUT2D eigenvalue weighted by Crippen LogP contribution is 2.25. The van der Waals surface area contributed by atoms with Gasteiger partial charge in [0, 0.05) is 31.5 Å². The monoisotopic (exact) mass is 467 g/mol. The zero-order valence-corrected chi connectivity index (χ0v) is 19.4. The van der Waals surface area contributed by atoms with Gasteiger partial charge in [0.05, 0.1) is 36.7 Å². The number of aryl methyl sites for hydroxylation is 1. The smallest absolute Gasteiger partial charge is 0.259 e. The predicted octanol–water partition coefficient (Wildman–Crippen LogP) is 3.38. The summed E-state index contributed by atoms with van der Waals surface area (Å²) in [6, 6.07) is 17.0. The van der Waals surface area contributed by atoms with Gasteiger partial charge in [0.15, 0.2) is 0 Å². The molecule has 1 saturated heterocycles. The third-order valence-electron chi connectivity index (χ3n) is 5.47. The molecule has 0 spiro atoms. The molecule has 8 nitrogen and oxygen atoms in total. The molecule has 1 fully saturated rings. The van der Waals surface area contributed by atoms with Gasteiger partial charge in [-0.3, -0.25) is 9.59 Å². The first-order valence-electron chi connectivity index (χ1n) is 10.7. The minimum Gasteiger partial charge on any atom is -0.378 e. The summed E-state index contributed by atoms with van der Waals surface area (Å²) in [5.41, 5.74) is 3.30. The number of para-hydroxylation sites is 1. The molecule has 33 heavy (non-hydrogen) atoms. The molecule has 0 aliphatic carbocycles. The van der Waals surface area contributed by atoms with Crippen molar-refractivity contribution in [2.75, 3.05) is 50.1 Å². The van der Waals surface area contributed by atoms with Gasteiger partial charge in [-0.2, -0.15) is 5.10 Å². The summed E-state index contributed by atoms with van der Waals surface area (Å²) in [7, 11) is 1.57. The number of rotatable bonds is 6. The highest BCUT2D eigenvalue weighted by Gasteiger charge is 2.25. The van der Waals surface area contributed by atoms with Crippen molar-refractivity contribution in [3.63, 3.8) is 0 Å². The van der Waals surface area contributed by atoms with Crippen LogP contribution in [0.5, 0.6) is 0 Å². The van der Waals surface area contributed by atoms with Gasteiger partial charge in [-0.25, -0.2) is 4.68 Å². The lowest BCUT2D eigenvalue weighted by molar-refractivity contribution is -0.116. The van der Waals surface area contributed by atoms with Gasteiger partial charge in [-0.15, -0.1) is 0 Å². The Kier molecular flexibility index (Phi) is 6.96. The second-order valence-corrected chi connectivity index (χ2v) is 8.21. The molecule has 0 radical (unpaired) electrons. The van der Waals surface area contributed by atoms with Gasteiger partial charge >= 0.3 is 0 Å². The molecule has 1 aliphatic rings.